The lowest BCUT2D eigenvalue weighted by atomic mass is 10.4. The monoisotopic (exact) mass is 272 g/mol. The van der Waals surface area contributed by atoms with Gasteiger partial charge in [0.1, 0.15) is 0 Å². The number of hydrogen-bond acceptors (Lipinski definition) is 5. The van der Waals surface area contributed by atoms with Crippen molar-refractivity contribution in [3.05, 3.63) is 5.21 Å². The topological polar surface area (TPSA) is 94.6 Å². The van der Waals surface area contributed by atoms with Crippen molar-refractivity contribution in [2.75, 3.05) is 11.5 Å². The summed E-state index contributed by atoms with van der Waals surface area (Å²) in [5.74, 6) is -0.837. The third kappa shape index (κ3) is 4.77. The fraction of sp³-hybridized carbons (Fsp3) is 1.00. The Labute approximate surface area is 97.3 Å². The zero-order chi connectivity index (χ0) is 12.8. The van der Waals surface area contributed by atoms with Crippen LogP contribution in [0.25, 0.3) is 0 Å². The van der Waals surface area contributed by atoms with Crippen LogP contribution in [0.15, 0.2) is 0 Å². The van der Waals surface area contributed by atoms with E-state index in [1.165, 1.54) is 0 Å². The SMILES string of the molecule is CCCCS(=O)(=O)N([O-])S(=O)(=O)CCCC. The van der Waals surface area contributed by atoms with Crippen molar-refractivity contribution in [2.24, 2.45) is 0 Å². The molecule has 0 rings (SSSR count). The molecule has 0 aliphatic heterocycles. The first-order valence-electron chi connectivity index (χ1n) is 5.21. The van der Waals surface area contributed by atoms with E-state index in [0.29, 0.717) is 12.8 Å². The van der Waals surface area contributed by atoms with Gasteiger partial charge in [-0.15, -0.1) is 0 Å². The Balaban J connectivity index is 4.71. The largest absolute Gasteiger partial charge is 0.759 e. The van der Waals surface area contributed by atoms with E-state index < -0.39 is 35.4 Å². The summed E-state index contributed by atoms with van der Waals surface area (Å²) < 4.78 is 44.6. The molecule has 0 N–H and O–H groups in total. The Morgan fingerprint density at radius 3 is 1.44 bits per heavy atom. The summed E-state index contributed by atoms with van der Waals surface area (Å²) in [5.41, 5.74) is 0. The molecule has 98 valence electrons. The summed E-state index contributed by atoms with van der Waals surface area (Å²) >= 11 is 0. The first-order chi connectivity index (χ1) is 7.28. The molecule has 8 heteroatoms. The zero-order valence-corrected chi connectivity index (χ0v) is 11.2. The molecule has 0 saturated heterocycles. The van der Waals surface area contributed by atoms with E-state index in [4.69, 9.17) is 0 Å². The predicted octanol–water partition coefficient (Wildman–Crippen LogP) is 1.05. The van der Waals surface area contributed by atoms with Crippen molar-refractivity contribution in [2.45, 2.75) is 39.5 Å². The van der Waals surface area contributed by atoms with Crippen molar-refractivity contribution in [1.82, 2.24) is 3.87 Å². The number of sulfonamides is 2. The molecule has 0 bridgehead atoms. The highest BCUT2D eigenvalue weighted by Crippen LogP contribution is 2.11. The lowest BCUT2D eigenvalue weighted by molar-refractivity contribution is 0.534. The van der Waals surface area contributed by atoms with Crippen molar-refractivity contribution in [1.29, 1.82) is 0 Å². The zero-order valence-electron chi connectivity index (χ0n) is 9.55. The molecule has 0 spiro atoms. The minimum Gasteiger partial charge on any atom is -0.759 e. The number of unbranched alkanes of at least 4 members (excludes halogenated alkanes) is 2. The lowest BCUT2D eigenvalue weighted by Crippen LogP contribution is -2.35. The molecule has 16 heavy (non-hydrogen) atoms. The van der Waals surface area contributed by atoms with Gasteiger partial charge in [0, 0.05) is 0 Å². The molecule has 0 aliphatic carbocycles. The van der Waals surface area contributed by atoms with Crippen LogP contribution in [-0.2, 0) is 20.0 Å². The minimum atomic E-state index is -4.22. The van der Waals surface area contributed by atoms with Crippen molar-refractivity contribution >= 4 is 20.0 Å². The van der Waals surface area contributed by atoms with Gasteiger partial charge in [0.25, 0.3) is 0 Å². The Kier molecular flexibility index (Phi) is 6.46. The predicted molar refractivity (Wildman–Crippen MR) is 62.6 cm³/mol. The third-order valence-corrected chi connectivity index (χ3v) is 5.85. The van der Waals surface area contributed by atoms with Gasteiger partial charge in [-0.25, -0.2) is 16.8 Å². The first-order valence-corrected chi connectivity index (χ1v) is 8.42. The van der Waals surface area contributed by atoms with Gasteiger partial charge in [-0.1, -0.05) is 26.7 Å². The van der Waals surface area contributed by atoms with E-state index in [1.807, 2.05) is 0 Å². The van der Waals surface area contributed by atoms with Crippen LogP contribution in [0.1, 0.15) is 39.5 Å². The molecule has 0 aromatic heterocycles. The second-order valence-corrected chi connectivity index (χ2v) is 7.54. The second-order valence-electron chi connectivity index (χ2n) is 3.50. The molecular weight excluding hydrogens is 254 g/mol. The Hall–Kier alpha value is -0.180. The van der Waals surface area contributed by atoms with Gasteiger partial charge in [-0.2, -0.15) is 3.87 Å². The molecule has 0 saturated carbocycles. The van der Waals surface area contributed by atoms with Crippen LogP contribution < -0.4 is 0 Å². The third-order valence-electron chi connectivity index (χ3n) is 1.97. The number of rotatable bonds is 8. The van der Waals surface area contributed by atoms with E-state index in [9.17, 15) is 22.0 Å². The first kappa shape index (κ1) is 15.8. The highest BCUT2D eigenvalue weighted by atomic mass is 32.3. The molecule has 6 nitrogen and oxygen atoms in total. The fourth-order valence-corrected chi connectivity index (χ4v) is 4.41. The quantitative estimate of drug-likeness (QED) is 0.615. The molecular formula is C8H18NO5S2-. The molecule has 0 radical (unpaired) electrons. The van der Waals surface area contributed by atoms with E-state index >= 15 is 0 Å². The summed E-state index contributed by atoms with van der Waals surface area (Å²) in [6.45, 7) is 3.52. The van der Waals surface area contributed by atoms with E-state index in [2.05, 4.69) is 0 Å². The normalized spacial score (nSPS) is 13.2. The lowest BCUT2D eigenvalue weighted by Gasteiger charge is -2.26. The average Bonchev–Trinajstić information content (AvgIpc) is 2.22. The van der Waals surface area contributed by atoms with Crippen LogP contribution >= 0.6 is 0 Å². The van der Waals surface area contributed by atoms with Crippen LogP contribution in [0.4, 0.5) is 0 Å². The molecule has 0 heterocycles. The highest BCUT2D eigenvalue weighted by Gasteiger charge is 2.23. The van der Waals surface area contributed by atoms with Crippen LogP contribution in [0.5, 0.6) is 0 Å². The summed E-state index contributed by atoms with van der Waals surface area (Å²) in [6.07, 6.45) is 1.74. The van der Waals surface area contributed by atoms with Crippen molar-refractivity contribution in [3.63, 3.8) is 0 Å². The molecule has 0 aliphatic rings. The summed E-state index contributed by atoms with van der Waals surface area (Å²) in [7, 11) is -8.44. The van der Waals surface area contributed by atoms with Gasteiger partial charge in [0.05, 0.1) is 11.5 Å². The van der Waals surface area contributed by atoms with Gasteiger partial charge >= 0.3 is 0 Å². The molecule has 0 atom stereocenters. The Morgan fingerprint density at radius 1 is 0.875 bits per heavy atom. The average molecular weight is 272 g/mol. The van der Waals surface area contributed by atoms with E-state index in [-0.39, 0.29) is 12.8 Å². The van der Waals surface area contributed by atoms with E-state index in [1.54, 1.807) is 13.8 Å². The molecule has 0 aromatic carbocycles. The molecule has 0 unspecified atom stereocenters. The standard InChI is InChI=1S/C8H18NO5S2/c1-3-5-7-15(11,12)9(10)16(13,14)8-6-4-2/h3-8H2,1-2H3/q-1. The summed E-state index contributed by atoms with van der Waals surface area (Å²) in [5, 5.41) is 11.2. The highest BCUT2D eigenvalue weighted by molar-refractivity contribution is 8.04. The maximum atomic E-state index is 11.3. The van der Waals surface area contributed by atoms with Gasteiger partial charge in [0.15, 0.2) is 0 Å². The van der Waals surface area contributed by atoms with Crippen LogP contribution in [0.3, 0.4) is 0 Å². The smallest absolute Gasteiger partial charge is 0.215 e. The molecule has 0 aromatic rings. The fourth-order valence-electron chi connectivity index (χ4n) is 0.976. The Morgan fingerprint density at radius 2 is 1.19 bits per heavy atom. The van der Waals surface area contributed by atoms with Crippen LogP contribution in [-0.4, -0.2) is 32.2 Å². The van der Waals surface area contributed by atoms with Gasteiger partial charge in [0.2, 0.25) is 20.0 Å². The van der Waals surface area contributed by atoms with E-state index in [0.717, 1.165) is 0 Å². The van der Waals surface area contributed by atoms with Crippen LogP contribution in [0, 0.1) is 5.21 Å². The number of hydrogen-bond donors (Lipinski definition) is 0. The second kappa shape index (κ2) is 6.53. The molecule has 0 amide bonds. The summed E-state index contributed by atoms with van der Waals surface area (Å²) in [6, 6.07) is 0. The maximum Gasteiger partial charge on any atom is 0.215 e. The van der Waals surface area contributed by atoms with Crippen molar-refractivity contribution in [3.8, 4) is 0 Å². The van der Waals surface area contributed by atoms with Gasteiger partial charge < -0.3 is 5.21 Å². The summed E-state index contributed by atoms with van der Waals surface area (Å²) in [4.78, 5) is 0. The van der Waals surface area contributed by atoms with Gasteiger partial charge in [-0.3, -0.25) is 0 Å². The van der Waals surface area contributed by atoms with Gasteiger partial charge in [-0.05, 0) is 12.8 Å². The Bertz CT molecular complexity index is 349. The maximum absolute atomic E-state index is 11.3. The van der Waals surface area contributed by atoms with Crippen LogP contribution in [0.2, 0.25) is 0 Å². The molecule has 0 fully saturated rings. The minimum absolute atomic E-state index is 0.282. The van der Waals surface area contributed by atoms with Crippen molar-refractivity contribution < 1.29 is 16.8 Å². The number of nitrogens with zero attached hydrogens (tertiary/aromatic N) is 1.